The predicted octanol–water partition coefficient (Wildman–Crippen LogP) is 3.87. The molecule has 1 aromatic heterocycles. The second-order valence-corrected chi connectivity index (χ2v) is 8.83. The maximum atomic E-state index is 12.2. The lowest BCUT2D eigenvalue weighted by Crippen LogP contribution is -2.37. The Hall–Kier alpha value is -2.06. The van der Waals surface area contributed by atoms with Gasteiger partial charge in [0.15, 0.2) is 4.34 Å². The van der Waals surface area contributed by atoms with Gasteiger partial charge in [-0.3, -0.25) is 9.59 Å². The molecular formula is C20H25N3O3S2. The topological polar surface area (TPSA) is 80.3 Å². The molecule has 3 rings (SSSR count). The Balaban J connectivity index is 1.40. The first-order valence-electron chi connectivity index (χ1n) is 9.43. The lowest BCUT2D eigenvalue weighted by molar-refractivity contribution is -0.121. The van der Waals surface area contributed by atoms with Gasteiger partial charge in [-0.1, -0.05) is 31.0 Å². The Labute approximate surface area is 173 Å². The zero-order valence-electron chi connectivity index (χ0n) is 15.9. The average molecular weight is 420 g/mol. The summed E-state index contributed by atoms with van der Waals surface area (Å²) in [5.74, 6) is 0.955. The van der Waals surface area contributed by atoms with Crippen LogP contribution in [0.1, 0.15) is 37.8 Å². The summed E-state index contributed by atoms with van der Waals surface area (Å²) in [6.45, 7) is 0. The van der Waals surface area contributed by atoms with Gasteiger partial charge in [0, 0.05) is 17.1 Å². The van der Waals surface area contributed by atoms with E-state index in [-0.39, 0.29) is 17.6 Å². The number of aromatic nitrogens is 1. The summed E-state index contributed by atoms with van der Waals surface area (Å²) in [7, 11) is 1.60. The van der Waals surface area contributed by atoms with Gasteiger partial charge in [-0.15, -0.1) is 11.3 Å². The van der Waals surface area contributed by atoms with Crippen molar-refractivity contribution in [2.24, 2.45) is 0 Å². The second-order valence-electron chi connectivity index (χ2n) is 6.75. The molecule has 1 heterocycles. The van der Waals surface area contributed by atoms with Crippen molar-refractivity contribution >= 4 is 40.6 Å². The predicted molar refractivity (Wildman–Crippen MR) is 113 cm³/mol. The van der Waals surface area contributed by atoms with Gasteiger partial charge in [-0.2, -0.15) is 0 Å². The van der Waals surface area contributed by atoms with Crippen LogP contribution in [0.2, 0.25) is 0 Å². The number of thiazole rings is 1. The monoisotopic (exact) mass is 419 g/mol. The van der Waals surface area contributed by atoms with Crippen molar-refractivity contribution in [3.63, 3.8) is 0 Å². The summed E-state index contributed by atoms with van der Waals surface area (Å²) in [4.78, 5) is 28.7. The first kappa shape index (κ1) is 20.7. The number of carbonyl (C=O) groups is 2. The molecule has 8 heteroatoms. The number of nitrogens with one attached hydrogen (secondary N) is 2. The summed E-state index contributed by atoms with van der Waals surface area (Å²) in [6, 6.07) is 7.51. The Bertz CT molecular complexity index is 786. The summed E-state index contributed by atoms with van der Waals surface area (Å²) < 4.78 is 5.90. The molecule has 1 aliphatic rings. The third-order valence-corrected chi connectivity index (χ3v) is 6.61. The summed E-state index contributed by atoms with van der Waals surface area (Å²) in [5.41, 5.74) is 1.49. The van der Waals surface area contributed by atoms with Crippen LogP contribution >= 0.6 is 23.1 Å². The highest BCUT2D eigenvalue weighted by atomic mass is 32.2. The van der Waals surface area contributed by atoms with Gasteiger partial charge in [0.05, 0.1) is 25.0 Å². The molecule has 150 valence electrons. The van der Waals surface area contributed by atoms with Crippen molar-refractivity contribution in [3.05, 3.63) is 35.3 Å². The minimum absolute atomic E-state index is 0.0333. The van der Waals surface area contributed by atoms with Crippen molar-refractivity contribution in [2.75, 3.05) is 18.2 Å². The van der Waals surface area contributed by atoms with E-state index in [9.17, 15) is 9.59 Å². The fourth-order valence-electron chi connectivity index (χ4n) is 3.12. The van der Waals surface area contributed by atoms with Crippen LogP contribution in [0.25, 0.3) is 0 Å². The number of methoxy groups -OCH3 is 1. The van der Waals surface area contributed by atoms with Gasteiger partial charge >= 0.3 is 0 Å². The van der Waals surface area contributed by atoms with Crippen LogP contribution in [0, 0.1) is 0 Å². The number of benzene rings is 1. The van der Waals surface area contributed by atoms with Crippen LogP contribution in [-0.4, -0.2) is 35.7 Å². The van der Waals surface area contributed by atoms with E-state index >= 15 is 0 Å². The number of nitrogens with zero attached hydrogens (tertiary/aromatic N) is 1. The van der Waals surface area contributed by atoms with Crippen LogP contribution in [-0.2, 0) is 16.0 Å². The van der Waals surface area contributed by atoms with E-state index in [0.717, 1.165) is 34.3 Å². The first-order valence-corrected chi connectivity index (χ1v) is 11.3. The standard InChI is InChI=1S/C20H25N3O3S2/c1-26-17-9-7-15(8-10-17)22-19(25)13-28-20-23-16(12-27-20)11-18(24)21-14-5-3-2-4-6-14/h7-10,12,14H,2-6,11,13H2,1H3,(H,21,24)(H,22,25). The van der Waals surface area contributed by atoms with Gasteiger partial charge in [0.25, 0.3) is 0 Å². The number of anilines is 1. The van der Waals surface area contributed by atoms with Gasteiger partial charge in [0.1, 0.15) is 5.75 Å². The first-order chi connectivity index (χ1) is 13.6. The van der Waals surface area contributed by atoms with E-state index in [0.29, 0.717) is 12.5 Å². The molecule has 0 spiro atoms. The summed E-state index contributed by atoms with van der Waals surface area (Å²) in [6.07, 6.45) is 6.11. The fraction of sp³-hybridized carbons (Fsp3) is 0.450. The SMILES string of the molecule is COc1ccc(NC(=O)CSc2nc(CC(=O)NC3CCCCC3)cs2)cc1. The number of amides is 2. The third kappa shape index (κ3) is 6.53. The van der Waals surface area contributed by atoms with E-state index in [1.807, 2.05) is 5.38 Å². The minimum atomic E-state index is -0.0954. The summed E-state index contributed by atoms with van der Waals surface area (Å²) >= 11 is 2.84. The molecule has 0 saturated heterocycles. The second kappa shape index (κ2) is 10.5. The van der Waals surface area contributed by atoms with Crippen LogP contribution in [0.4, 0.5) is 5.69 Å². The van der Waals surface area contributed by atoms with Crippen molar-refractivity contribution in [1.82, 2.24) is 10.3 Å². The lowest BCUT2D eigenvalue weighted by Gasteiger charge is -2.22. The smallest absolute Gasteiger partial charge is 0.234 e. The molecule has 0 atom stereocenters. The van der Waals surface area contributed by atoms with Crippen molar-refractivity contribution in [2.45, 2.75) is 48.9 Å². The zero-order valence-corrected chi connectivity index (χ0v) is 17.5. The quantitative estimate of drug-likeness (QED) is 0.635. The molecule has 1 aliphatic carbocycles. The Morgan fingerprint density at radius 1 is 1.18 bits per heavy atom. The highest BCUT2D eigenvalue weighted by molar-refractivity contribution is 8.01. The largest absolute Gasteiger partial charge is 0.497 e. The zero-order chi connectivity index (χ0) is 19.8. The van der Waals surface area contributed by atoms with Gasteiger partial charge < -0.3 is 15.4 Å². The van der Waals surface area contributed by atoms with E-state index in [4.69, 9.17) is 4.74 Å². The molecule has 2 aromatic rings. The van der Waals surface area contributed by atoms with Crippen LogP contribution in [0.5, 0.6) is 5.75 Å². The van der Waals surface area contributed by atoms with Gasteiger partial charge in [-0.05, 0) is 37.1 Å². The van der Waals surface area contributed by atoms with Crippen molar-refractivity contribution in [3.8, 4) is 5.75 Å². The molecule has 2 N–H and O–H groups in total. The Kier molecular flexibility index (Phi) is 7.73. The van der Waals surface area contributed by atoms with Crippen molar-refractivity contribution in [1.29, 1.82) is 0 Å². The molecule has 0 unspecified atom stereocenters. The lowest BCUT2D eigenvalue weighted by atomic mass is 9.95. The molecule has 0 radical (unpaired) electrons. The molecule has 1 aromatic carbocycles. The number of hydrogen-bond acceptors (Lipinski definition) is 6. The van der Waals surface area contributed by atoms with Crippen molar-refractivity contribution < 1.29 is 14.3 Å². The van der Waals surface area contributed by atoms with Crippen LogP contribution < -0.4 is 15.4 Å². The van der Waals surface area contributed by atoms with Gasteiger partial charge in [0.2, 0.25) is 11.8 Å². The van der Waals surface area contributed by atoms with E-state index in [1.165, 1.54) is 42.4 Å². The number of ether oxygens (including phenoxy) is 1. The fourth-order valence-corrected chi connectivity index (χ4v) is 4.77. The molecule has 28 heavy (non-hydrogen) atoms. The maximum Gasteiger partial charge on any atom is 0.234 e. The highest BCUT2D eigenvalue weighted by Crippen LogP contribution is 2.24. The van der Waals surface area contributed by atoms with E-state index in [2.05, 4.69) is 15.6 Å². The average Bonchev–Trinajstić information content (AvgIpc) is 3.15. The number of thioether (sulfide) groups is 1. The van der Waals surface area contributed by atoms with Crippen LogP contribution in [0.15, 0.2) is 34.0 Å². The molecule has 1 saturated carbocycles. The molecule has 6 nitrogen and oxygen atoms in total. The van der Waals surface area contributed by atoms with Gasteiger partial charge in [-0.25, -0.2) is 4.98 Å². The molecule has 0 bridgehead atoms. The number of rotatable bonds is 8. The molecule has 2 amide bonds. The number of carbonyl (C=O) groups excluding carboxylic acids is 2. The normalized spacial score (nSPS) is 14.5. The molecule has 1 fully saturated rings. The Morgan fingerprint density at radius 2 is 1.93 bits per heavy atom. The van der Waals surface area contributed by atoms with Crippen LogP contribution in [0.3, 0.4) is 0 Å². The Morgan fingerprint density at radius 3 is 2.64 bits per heavy atom. The number of hydrogen-bond donors (Lipinski definition) is 2. The molecule has 0 aliphatic heterocycles. The molecular weight excluding hydrogens is 394 g/mol. The minimum Gasteiger partial charge on any atom is -0.497 e. The maximum absolute atomic E-state index is 12.2. The third-order valence-electron chi connectivity index (χ3n) is 4.54. The van der Waals surface area contributed by atoms with E-state index in [1.54, 1.807) is 31.4 Å². The van der Waals surface area contributed by atoms with E-state index < -0.39 is 0 Å². The summed E-state index contributed by atoms with van der Waals surface area (Å²) in [5, 5.41) is 7.85. The highest BCUT2D eigenvalue weighted by Gasteiger charge is 2.17.